The topological polar surface area (TPSA) is 90.2 Å². The molecule has 6 heterocycles. The van der Waals surface area contributed by atoms with Crippen LogP contribution in [0.1, 0.15) is 164 Å². The van der Waals surface area contributed by atoms with E-state index in [0.717, 1.165) is 17.1 Å². The Balaban J connectivity index is 0.000000372. The van der Waals surface area contributed by atoms with E-state index in [-0.39, 0.29) is 32.5 Å². The number of halogens is 1. The number of aryl methyl sites for hydroxylation is 1. The molecule has 0 spiro atoms. The van der Waals surface area contributed by atoms with Gasteiger partial charge in [0.05, 0.1) is 10.7 Å². The standard InChI is InChI=1S/C10H15N.C9H12ClN.3C9H13N.C8H12N2/c1-8-6-5-7-11-9(8)10(2,3)4;1-9(2,3)8-5-4-7(10)6-11-8;1-9(2,3)8-4-6-10-7-5-8;1-9(2,3)8-5-4-6-10-7-8;1-9(2,3)8-6-4-5-7-10-8;1-8(2,3)7-6-9-4-5-10-7/h5-7H,1-4H3;4-6H,1-3H3;3*4-7H,1-3H3;4-6H,1-3H3. The highest BCUT2D eigenvalue weighted by Crippen LogP contribution is 2.24. The zero-order valence-electron chi connectivity index (χ0n) is 41.6. The lowest BCUT2D eigenvalue weighted by Crippen LogP contribution is -2.14. The second-order valence-electron chi connectivity index (χ2n) is 21.3. The lowest BCUT2D eigenvalue weighted by atomic mass is 9.88. The fourth-order valence-corrected chi connectivity index (χ4v) is 5.35. The van der Waals surface area contributed by atoms with Gasteiger partial charge in [-0.05, 0) is 83.0 Å². The van der Waals surface area contributed by atoms with Crippen molar-refractivity contribution in [1.29, 1.82) is 0 Å². The summed E-state index contributed by atoms with van der Waals surface area (Å²) in [4.78, 5) is 29.0. The Labute approximate surface area is 382 Å². The average molecular weight is 861 g/mol. The monoisotopic (exact) mass is 860 g/mol. The third-order valence-corrected chi connectivity index (χ3v) is 9.28. The molecule has 6 rings (SSSR count). The number of pyridine rings is 5. The van der Waals surface area contributed by atoms with Gasteiger partial charge in [0.1, 0.15) is 0 Å². The number of aromatic nitrogens is 7. The second-order valence-corrected chi connectivity index (χ2v) is 21.8. The maximum atomic E-state index is 5.70. The van der Waals surface area contributed by atoms with Gasteiger partial charge in [-0.15, -0.1) is 0 Å². The Morgan fingerprint density at radius 1 is 0.339 bits per heavy atom. The van der Waals surface area contributed by atoms with Crippen LogP contribution in [0.5, 0.6) is 0 Å². The molecule has 0 bridgehead atoms. The smallest absolute Gasteiger partial charge is 0.0640 e. The number of hydrogen-bond donors (Lipinski definition) is 0. The molecule has 7 nitrogen and oxygen atoms in total. The molecule has 0 atom stereocenters. The fourth-order valence-electron chi connectivity index (χ4n) is 5.24. The first-order valence-electron chi connectivity index (χ1n) is 21.5. The summed E-state index contributed by atoms with van der Waals surface area (Å²) in [6.45, 7) is 41.0. The van der Waals surface area contributed by atoms with Gasteiger partial charge in [0.25, 0.3) is 0 Å². The van der Waals surface area contributed by atoms with Crippen molar-refractivity contribution in [1.82, 2.24) is 34.9 Å². The minimum absolute atomic E-state index is 0.116. The van der Waals surface area contributed by atoms with Gasteiger partial charge in [0, 0.05) is 101 Å². The zero-order valence-corrected chi connectivity index (χ0v) is 42.4. The van der Waals surface area contributed by atoms with Crippen LogP contribution in [-0.2, 0) is 32.5 Å². The molecule has 0 aromatic carbocycles. The highest BCUT2D eigenvalue weighted by Gasteiger charge is 2.18. The van der Waals surface area contributed by atoms with Crippen LogP contribution >= 0.6 is 11.6 Å². The molecule has 6 aromatic rings. The van der Waals surface area contributed by atoms with Crippen molar-refractivity contribution in [3.05, 3.63) is 173 Å². The molecule has 6 aromatic heterocycles. The Morgan fingerprint density at radius 2 is 0.855 bits per heavy atom. The van der Waals surface area contributed by atoms with Gasteiger partial charge in [0.15, 0.2) is 0 Å². The summed E-state index contributed by atoms with van der Waals surface area (Å²) < 4.78 is 0. The van der Waals surface area contributed by atoms with Gasteiger partial charge < -0.3 is 0 Å². The molecular weight excluding hydrogens is 782 g/mol. The van der Waals surface area contributed by atoms with Gasteiger partial charge in [-0.1, -0.05) is 154 Å². The summed E-state index contributed by atoms with van der Waals surface area (Å²) in [6, 6.07) is 22.1. The van der Waals surface area contributed by atoms with Crippen LogP contribution < -0.4 is 0 Å². The van der Waals surface area contributed by atoms with E-state index < -0.39 is 0 Å². The van der Waals surface area contributed by atoms with Crippen molar-refractivity contribution in [2.75, 3.05) is 0 Å². The van der Waals surface area contributed by atoms with Crippen LogP contribution in [-0.4, -0.2) is 34.9 Å². The lowest BCUT2D eigenvalue weighted by molar-refractivity contribution is 0.564. The third kappa shape index (κ3) is 22.8. The van der Waals surface area contributed by atoms with Crippen molar-refractivity contribution in [3.8, 4) is 0 Å². The maximum Gasteiger partial charge on any atom is 0.0640 e. The van der Waals surface area contributed by atoms with E-state index in [9.17, 15) is 0 Å². The second kappa shape index (κ2) is 24.7. The maximum absolute atomic E-state index is 5.70. The summed E-state index contributed by atoms with van der Waals surface area (Å²) >= 11 is 5.70. The molecule has 0 radical (unpaired) electrons. The van der Waals surface area contributed by atoms with Crippen LogP contribution in [0.4, 0.5) is 0 Å². The van der Waals surface area contributed by atoms with Crippen molar-refractivity contribution in [2.45, 2.75) is 164 Å². The predicted octanol–water partition coefficient (Wildman–Crippen LogP) is 14.6. The zero-order chi connectivity index (χ0) is 47.4. The van der Waals surface area contributed by atoms with Crippen LogP contribution in [0, 0.1) is 6.92 Å². The third-order valence-electron chi connectivity index (χ3n) is 9.05. The molecule has 0 saturated carbocycles. The summed E-state index contributed by atoms with van der Waals surface area (Å²) in [5.41, 5.74) is 9.42. The first kappa shape index (κ1) is 55.1. The first-order valence-corrected chi connectivity index (χ1v) is 21.8. The van der Waals surface area contributed by atoms with Gasteiger partial charge >= 0.3 is 0 Å². The first-order chi connectivity index (χ1) is 28.4. The van der Waals surface area contributed by atoms with Crippen molar-refractivity contribution in [3.63, 3.8) is 0 Å². The van der Waals surface area contributed by atoms with Crippen LogP contribution in [0.2, 0.25) is 5.02 Å². The van der Waals surface area contributed by atoms with Crippen LogP contribution in [0.25, 0.3) is 0 Å². The van der Waals surface area contributed by atoms with E-state index in [1.165, 1.54) is 22.4 Å². The van der Waals surface area contributed by atoms with Gasteiger partial charge in [-0.25, -0.2) is 0 Å². The van der Waals surface area contributed by atoms with Gasteiger partial charge in [-0.3, -0.25) is 34.9 Å². The highest BCUT2D eigenvalue weighted by molar-refractivity contribution is 6.30. The fraction of sp³-hybridized carbons (Fsp3) is 0.463. The molecule has 0 aliphatic carbocycles. The summed E-state index contributed by atoms with van der Waals surface area (Å²) in [6.07, 6.45) is 18.0. The summed E-state index contributed by atoms with van der Waals surface area (Å²) in [5, 5.41) is 0.693. The Morgan fingerprint density at radius 3 is 1.18 bits per heavy atom. The van der Waals surface area contributed by atoms with Gasteiger partial charge in [-0.2, -0.15) is 0 Å². The Kier molecular flexibility index (Phi) is 21.9. The summed E-state index contributed by atoms with van der Waals surface area (Å²) in [7, 11) is 0. The molecule has 0 unspecified atom stereocenters. The predicted molar refractivity (Wildman–Crippen MR) is 265 cm³/mol. The lowest BCUT2D eigenvalue weighted by Gasteiger charge is -2.19. The molecule has 0 amide bonds. The van der Waals surface area contributed by atoms with Crippen molar-refractivity contribution in [2.24, 2.45) is 0 Å². The quantitative estimate of drug-likeness (QED) is 0.150. The van der Waals surface area contributed by atoms with E-state index >= 15 is 0 Å². The average Bonchev–Trinajstić information content (AvgIpc) is 3.19. The van der Waals surface area contributed by atoms with Crippen molar-refractivity contribution < 1.29 is 0 Å². The molecule has 0 aliphatic heterocycles. The van der Waals surface area contributed by atoms with Crippen LogP contribution in [0.15, 0.2) is 129 Å². The number of rotatable bonds is 0. The molecule has 62 heavy (non-hydrogen) atoms. The van der Waals surface area contributed by atoms with E-state index in [4.69, 9.17) is 11.6 Å². The Hall–Kier alpha value is -4.88. The molecule has 336 valence electrons. The van der Waals surface area contributed by atoms with E-state index in [0.29, 0.717) is 5.02 Å². The molecular formula is C54H78ClN7. The summed E-state index contributed by atoms with van der Waals surface area (Å²) in [5.74, 6) is 0. The molecule has 0 fully saturated rings. The molecule has 0 saturated heterocycles. The molecule has 0 aliphatic rings. The molecule has 8 heteroatoms. The number of nitrogens with zero attached hydrogens (tertiary/aromatic N) is 7. The minimum Gasteiger partial charge on any atom is -0.265 e. The highest BCUT2D eigenvalue weighted by atomic mass is 35.5. The minimum atomic E-state index is 0.116. The normalized spacial score (nSPS) is 11.5. The van der Waals surface area contributed by atoms with E-state index in [2.05, 4.69) is 197 Å². The van der Waals surface area contributed by atoms with Gasteiger partial charge in [0.2, 0.25) is 0 Å². The van der Waals surface area contributed by atoms with E-state index in [1.807, 2.05) is 67.4 Å². The largest absolute Gasteiger partial charge is 0.265 e. The SMILES string of the molecule is CC(C)(C)c1ccc(Cl)cn1.CC(C)(C)c1ccccn1.CC(C)(C)c1cccnc1.CC(C)(C)c1ccncc1.CC(C)(C)c1cnccn1.Cc1cccnc1C(C)(C)C. The van der Waals surface area contributed by atoms with Crippen molar-refractivity contribution >= 4 is 11.6 Å². The van der Waals surface area contributed by atoms with E-state index in [1.54, 1.807) is 31.0 Å². The Bertz CT molecular complexity index is 1870. The number of hydrogen-bond acceptors (Lipinski definition) is 7. The van der Waals surface area contributed by atoms with Crippen LogP contribution in [0.3, 0.4) is 0 Å². The molecule has 0 N–H and O–H groups in total.